The third-order valence-electron chi connectivity index (χ3n) is 4.42. The minimum Gasteiger partial charge on any atom is -0.469 e. The second-order valence-corrected chi connectivity index (χ2v) is 8.74. The number of hydrogen-bond acceptors (Lipinski definition) is 6. The van der Waals surface area contributed by atoms with Gasteiger partial charge in [-0.2, -0.15) is 0 Å². The van der Waals surface area contributed by atoms with Gasteiger partial charge in [-0.1, -0.05) is 36.4 Å². The zero-order valence-corrected chi connectivity index (χ0v) is 17.2. The van der Waals surface area contributed by atoms with Crippen LogP contribution in [0.15, 0.2) is 53.4 Å². The largest absolute Gasteiger partial charge is 0.469 e. The Labute approximate surface area is 170 Å². The van der Waals surface area contributed by atoms with Gasteiger partial charge in [-0.15, -0.1) is 0 Å². The van der Waals surface area contributed by atoms with Crippen LogP contribution in [-0.2, 0) is 30.6 Å². The monoisotopic (exact) mass is 419 g/mol. The smallest absolute Gasteiger partial charge is 0.306 e. The van der Waals surface area contributed by atoms with Crippen LogP contribution in [0.25, 0.3) is 11.1 Å². The minimum atomic E-state index is -3.23. The number of hydrogen-bond donors (Lipinski definition) is 2. The Morgan fingerprint density at radius 3 is 2.03 bits per heavy atom. The van der Waals surface area contributed by atoms with E-state index in [4.69, 9.17) is 0 Å². The molecule has 0 bridgehead atoms. The molecule has 2 N–H and O–H groups in total. The Morgan fingerprint density at radius 1 is 1.00 bits per heavy atom. The maximum atomic E-state index is 11.9. The van der Waals surface area contributed by atoms with Crippen molar-refractivity contribution in [2.24, 2.45) is 0 Å². The van der Waals surface area contributed by atoms with Crippen molar-refractivity contribution in [1.29, 1.82) is 0 Å². The molecule has 0 aliphatic carbocycles. The first-order valence-electron chi connectivity index (χ1n) is 9.09. The number of aliphatic hydroxyl groups is 1. The molecule has 0 fully saturated rings. The summed E-state index contributed by atoms with van der Waals surface area (Å²) in [6.45, 7) is -0.224. The molecule has 0 radical (unpaired) electrons. The maximum absolute atomic E-state index is 11.9. The summed E-state index contributed by atoms with van der Waals surface area (Å²) in [5.74, 6) is -0.780. The number of benzene rings is 2. The summed E-state index contributed by atoms with van der Waals surface area (Å²) in [5.41, 5.74) is 2.74. The zero-order valence-electron chi connectivity index (χ0n) is 16.4. The number of carbonyl (C=O) groups excluding carboxylic acids is 2. The molecule has 0 saturated heterocycles. The number of rotatable bonds is 9. The van der Waals surface area contributed by atoms with Crippen LogP contribution in [0.1, 0.15) is 18.4 Å². The molecule has 8 heteroatoms. The van der Waals surface area contributed by atoms with Crippen molar-refractivity contribution >= 4 is 21.7 Å². The Morgan fingerprint density at radius 2 is 1.55 bits per heavy atom. The summed E-state index contributed by atoms with van der Waals surface area (Å²) >= 11 is 0. The molecule has 2 aromatic carbocycles. The Balaban J connectivity index is 1.98. The highest BCUT2D eigenvalue weighted by molar-refractivity contribution is 7.90. The second-order valence-electron chi connectivity index (χ2n) is 6.72. The molecule has 7 nitrogen and oxygen atoms in total. The number of nitrogens with one attached hydrogen (secondary N) is 1. The summed E-state index contributed by atoms with van der Waals surface area (Å²) in [6, 6.07) is 13.8. The van der Waals surface area contributed by atoms with Gasteiger partial charge in [0.2, 0.25) is 5.91 Å². The summed E-state index contributed by atoms with van der Waals surface area (Å²) in [6.07, 6.45) is 1.61. The zero-order chi connectivity index (χ0) is 21.4. The van der Waals surface area contributed by atoms with Crippen molar-refractivity contribution in [1.82, 2.24) is 5.32 Å². The first kappa shape index (κ1) is 22.6. The van der Waals surface area contributed by atoms with Crippen LogP contribution < -0.4 is 5.32 Å². The summed E-state index contributed by atoms with van der Waals surface area (Å²) in [4.78, 5) is 23.3. The number of amides is 1. The van der Waals surface area contributed by atoms with Crippen molar-refractivity contribution in [3.05, 3.63) is 54.1 Å². The van der Waals surface area contributed by atoms with E-state index in [0.29, 0.717) is 6.42 Å². The van der Waals surface area contributed by atoms with Crippen LogP contribution in [0.3, 0.4) is 0 Å². The molecular weight excluding hydrogens is 394 g/mol. The van der Waals surface area contributed by atoms with Gasteiger partial charge in [0, 0.05) is 12.7 Å². The molecule has 1 amide bonds. The van der Waals surface area contributed by atoms with Gasteiger partial charge in [-0.3, -0.25) is 9.59 Å². The van der Waals surface area contributed by atoms with Gasteiger partial charge in [-0.25, -0.2) is 8.42 Å². The predicted molar refractivity (Wildman–Crippen MR) is 109 cm³/mol. The Bertz CT molecular complexity index is 936. The number of methoxy groups -OCH3 is 1. The van der Waals surface area contributed by atoms with Gasteiger partial charge in [0.25, 0.3) is 0 Å². The summed E-state index contributed by atoms with van der Waals surface area (Å²) in [7, 11) is -1.96. The average Bonchev–Trinajstić information content (AvgIpc) is 2.71. The summed E-state index contributed by atoms with van der Waals surface area (Å²) < 4.78 is 27.6. The highest BCUT2D eigenvalue weighted by atomic mass is 32.2. The fourth-order valence-corrected chi connectivity index (χ4v) is 3.42. The van der Waals surface area contributed by atoms with Gasteiger partial charge in [0.15, 0.2) is 9.84 Å². The van der Waals surface area contributed by atoms with Crippen LogP contribution in [-0.4, -0.2) is 51.4 Å². The van der Waals surface area contributed by atoms with Crippen LogP contribution in [0, 0.1) is 0 Å². The minimum absolute atomic E-state index is 0.00554. The average molecular weight is 419 g/mol. The van der Waals surface area contributed by atoms with Crippen molar-refractivity contribution in [3.63, 3.8) is 0 Å². The normalized spacial score (nSPS) is 12.2. The molecule has 0 aliphatic heterocycles. The molecular formula is C21H25NO6S. The van der Waals surface area contributed by atoms with Gasteiger partial charge < -0.3 is 15.2 Å². The molecule has 0 heterocycles. The topological polar surface area (TPSA) is 110 Å². The van der Waals surface area contributed by atoms with Gasteiger partial charge in [-0.05, 0) is 35.2 Å². The lowest BCUT2D eigenvalue weighted by Crippen LogP contribution is -2.39. The maximum Gasteiger partial charge on any atom is 0.306 e. The molecule has 1 atom stereocenters. The Kier molecular flexibility index (Phi) is 7.92. The van der Waals surface area contributed by atoms with Crippen LogP contribution >= 0.6 is 0 Å². The molecule has 156 valence electrons. The van der Waals surface area contributed by atoms with Gasteiger partial charge in [0.1, 0.15) is 0 Å². The van der Waals surface area contributed by atoms with Gasteiger partial charge >= 0.3 is 5.97 Å². The number of ether oxygens (including phenoxy) is 1. The van der Waals surface area contributed by atoms with E-state index in [1.807, 2.05) is 24.3 Å². The quantitative estimate of drug-likeness (QED) is 0.599. The number of sulfone groups is 1. The lowest BCUT2D eigenvalue weighted by Gasteiger charge is -2.16. The molecule has 0 spiro atoms. The van der Waals surface area contributed by atoms with E-state index < -0.39 is 21.8 Å². The highest BCUT2D eigenvalue weighted by Gasteiger charge is 2.14. The molecule has 29 heavy (non-hydrogen) atoms. The second kappa shape index (κ2) is 10.2. The van der Waals surface area contributed by atoms with Gasteiger partial charge in [0.05, 0.1) is 31.1 Å². The van der Waals surface area contributed by atoms with Crippen molar-refractivity contribution in [2.75, 3.05) is 20.0 Å². The van der Waals surface area contributed by atoms with E-state index in [1.165, 1.54) is 13.4 Å². The first-order valence-corrected chi connectivity index (χ1v) is 11.0. The summed E-state index contributed by atoms with van der Waals surface area (Å²) in [5, 5.41) is 12.2. The van der Waals surface area contributed by atoms with E-state index in [-0.39, 0.29) is 30.3 Å². The number of carbonyl (C=O) groups is 2. The van der Waals surface area contributed by atoms with Crippen LogP contribution in [0.5, 0.6) is 0 Å². The third kappa shape index (κ3) is 6.99. The molecule has 2 rings (SSSR count). The fourth-order valence-electron chi connectivity index (χ4n) is 2.79. The predicted octanol–water partition coefficient (Wildman–Crippen LogP) is 1.73. The standard InChI is InChI=1S/C21H25NO6S/c1-28-21(25)12-11-20(24)22-18(14-23)13-15-3-5-16(6-4-15)17-7-9-19(10-8-17)29(2,26)27/h3-10,18,23H,11-14H2,1-2H3,(H,22,24)/t18-/m0/s1. The van der Waals surface area contributed by atoms with Crippen LogP contribution in [0.2, 0.25) is 0 Å². The van der Waals surface area contributed by atoms with Crippen molar-refractivity contribution < 1.29 is 27.9 Å². The molecule has 0 unspecified atom stereocenters. The lowest BCUT2D eigenvalue weighted by molar-refractivity contribution is -0.142. The Hall–Kier alpha value is -2.71. The van der Waals surface area contributed by atoms with E-state index >= 15 is 0 Å². The first-order chi connectivity index (χ1) is 13.7. The van der Waals surface area contributed by atoms with Crippen molar-refractivity contribution in [3.8, 4) is 11.1 Å². The lowest BCUT2D eigenvalue weighted by atomic mass is 10.0. The molecule has 0 aromatic heterocycles. The third-order valence-corrected chi connectivity index (χ3v) is 5.55. The van der Waals surface area contributed by atoms with E-state index in [2.05, 4.69) is 10.1 Å². The van der Waals surface area contributed by atoms with E-state index in [9.17, 15) is 23.1 Å². The molecule has 0 aliphatic rings. The number of esters is 1. The van der Waals surface area contributed by atoms with Crippen LogP contribution in [0.4, 0.5) is 0 Å². The van der Waals surface area contributed by atoms with E-state index in [0.717, 1.165) is 16.7 Å². The van der Waals surface area contributed by atoms with E-state index in [1.54, 1.807) is 24.3 Å². The number of aliphatic hydroxyl groups excluding tert-OH is 1. The highest BCUT2D eigenvalue weighted by Crippen LogP contribution is 2.22. The fraction of sp³-hybridized carbons (Fsp3) is 0.333. The van der Waals surface area contributed by atoms with Crippen molar-refractivity contribution in [2.45, 2.75) is 30.2 Å². The molecule has 0 saturated carbocycles. The molecule has 2 aromatic rings. The SMILES string of the molecule is COC(=O)CCC(=O)N[C@H](CO)Cc1ccc(-c2ccc(S(C)(=O)=O)cc2)cc1.